The summed E-state index contributed by atoms with van der Waals surface area (Å²) in [5.41, 5.74) is 6.36. The second-order valence-corrected chi connectivity index (χ2v) is 11.1. The first-order valence-electron chi connectivity index (χ1n) is 11.1. The summed E-state index contributed by atoms with van der Waals surface area (Å²) < 4.78 is 2.72. The maximum Gasteiger partial charge on any atom is 0.410 e. The summed E-state index contributed by atoms with van der Waals surface area (Å²) in [4.78, 5) is 2.53. The predicted molar refractivity (Wildman–Crippen MR) is 130 cm³/mol. The summed E-state index contributed by atoms with van der Waals surface area (Å²) in [5, 5.41) is 0. The molecule has 1 heterocycles. The Hall–Kier alpha value is -0.125. The molecule has 0 unspecified atom stereocenters. The fourth-order valence-corrected chi connectivity index (χ4v) is 6.62. The van der Waals surface area contributed by atoms with Crippen molar-refractivity contribution in [2.45, 2.75) is 93.0 Å². The van der Waals surface area contributed by atoms with Crippen LogP contribution in [-0.4, -0.2) is 39.3 Å². The molecule has 0 saturated carbocycles. The van der Waals surface area contributed by atoms with Crippen molar-refractivity contribution in [1.82, 2.24) is 4.81 Å². The van der Waals surface area contributed by atoms with Gasteiger partial charge in [-0.2, -0.15) is 0 Å². The Balaban J connectivity index is 0.00000420. The van der Waals surface area contributed by atoms with Crippen molar-refractivity contribution in [2.24, 2.45) is 5.41 Å². The lowest BCUT2D eigenvalue weighted by atomic mass is 9.67. The number of nitrogens with zero attached hydrogens (tertiary/aromatic N) is 2. The molecule has 0 aliphatic carbocycles. The molecule has 29 heavy (non-hydrogen) atoms. The lowest BCUT2D eigenvalue weighted by Gasteiger charge is -2.27. The average Bonchev–Trinajstić information content (AvgIpc) is 2.78. The van der Waals surface area contributed by atoms with Gasteiger partial charge in [0.15, 0.2) is 11.1 Å². The van der Waals surface area contributed by atoms with Gasteiger partial charge in [-0.1, -0.05) is 73.6 Å². The molecule has 0 aromatic heterocycles. The number of rotatable bonds is 7. The van der Waals surface area contributed by atoms with Gasteiger partial charge in [0, 0.05) is 36.8 Å². The average molecular weight is 528 g/mol. The Morgan fingerprint density at radius 3 is 1.83 bits per heavy atom. The van der Waals surface area contributed by atoms with Gasteiger partial charge in [0.05, 0.1) is 0 Å². The predicted octanol–water partition coefficient (Wildman–Crippen LogP) is 4.00. The third kappa shape index (κ3) is 5.21. The first kappa shape index (κ1) is 26.9. The van der Waals surface area contributed by atoms with E-state index in [-0.39, 0.29) is 33.6 Å². The first-order chi connectivity index (χ1) is 12.9. The van der Waals surface area contributed by atoms with Crippen LogP contribution >= 0.6 is 15.8 Å². The van der Waals surface area contributed by atoms with Crippen molar-refractivity contribution in [3.8, 4) is 0 Å². The van der Waals surface area contributed by atoms with E-state index in [1.165, 1.54) is 22.4 Å². The minimum Gasteiger partial charge on any atom is -1.00 e. The third-order valence-electron chi connectivity index (χ3n) is 6.34. The molecule has 2 nitrogen and oxygen atoms in total. The molecule has 2 rings (SSSR count). The SMILES string of the molecule is CCN(CC)B(Br)C1=[N+](c2c(C(C)C)cccc2C(C)C)C(C)(C)CC1(C)C.[Br-]. The van der Waals surface area contributed by atoms with E-state index in [1.807, 2.05) is 0 Å². The lowest BCUT2D eigenvalue weighted by Crippen LogP contribution is -3.00. The molecule has 164 valence electrons. The highest BCUT2D eigenvalue weighted by Crippen LogP contribution is 2.47. The van der Waals surface area contributed by atoms with E-state index in [2.05, 4.69) is 113 Å². The zero-order chi connectivity index (χ0) is 21.4. The second-order valence-electron chi connectivity index (χ2n) is 10.2. The maximum absolute atomic E-state index is 4.13. The van der Waals surface area contributed by atoms with Crippen LogP contribution in [-0.2, 0) is 0 Å². The molecule has 1 aliphatic rings. The fourth-order valence-electron chi connectivity index (χ4n) is 5.22. The summed E-state index contributed by atoms with van der Waals surface area (Å²) in [6, 6.07) is 6.93. The molecule has 1 aromatic carbocycles. The van der Waals surface area contributed by atoms with Crippen LogP contribution < -0.4 is 17.0 Å². The minimum absolute atomic E-state index is 0. The number of hydrogen-bond acceptors (Lipinski definition) is 1. The monoisotopic (exact) mass is 526 g/mol. The van der Waals surface area contributed by atoms with Crippen LogP contribution in [0, 0.1) is 5.41 Å². The molecule has 0 bridgehead atoms. The second kappa shape index (κ2) is 10.00. The molecular formula is C24H41BBr2N2. The summed E-state index contributed by atoms with van der Waals surface area (Å²) in [6.07, 6.45) is 1.16. The zero-order valence-corrected chi connectivity index (χ0v) is 23.4. The van der Waals surface area contributed by atoms with E-state index < -0.39 is 0 Å². The van der Waals surface area contributed by atoms with Crippen LogP contribution in [0.25, 0.3) is 0 Å². The molecule has 1 aliphatic heterocycles. The van der Waals surface area contributed by atoms with Crippen LogP contribution in [0.1, 0.15) is 98.6 Å². The van der Waals surface area contributed by atoms with Crippen molar-refractivity contribution < 1.29 is 21.6 Å². The van der Waals surface area contributed by atoms with E-state index in [0.29, 0.717) is 11.8 Å². The van der Waals surface area contributed by atoms with Crippen molar-refractivity contribution in [3.05, 3.63) is 29.3 Å². The molecular weight excluding hydrogens is 487 g/mol. The molecule has 0 amide bonds. The van der Waals surface area contributed by atoms with Gasteiger partial charge in [0.2, 0.25) is 5.69 Å². The fraction of sp³-hybridized carbons (Fsp3) is 0.708. The first-order valence-corrected chi connectivity index (χ1v) is 12.0. The molecule has 0 N–H and O–H groups in total. The van der Waals surface area contributed by atoms with Crippen molar-refractivity contribution in [2.75, 3.05) is 13.1 Å². The topological polar surface area (TPSA) is 6.25 Å². The number of halogens is 2. The molecule has 1 aromatic rings. The molecule has 0 saturated heterocycles. The Morgan fingerprint density at radius 2 is 1.45 bits per heavy atom. The summed E-state index contributed by atoms with van der Waals surface area (Å²) in [7, 11) is 0. The van der Waals surface area contributed by atoms with Gasteiger partial charge in [0.1, 0.15) is 0 Å². The van der Waals surface area contributed by atoms with Gasteiger partial charge in [-0.3, -0.25) is 0 Å². The van der Waals surface area contributed by atoms with Gasteiger partial charge in [-0.05, 0) is 24.9 Å². The number of hydrogen-bond donors (Lipinski definition) is 0. The smallest absolute Gasteiger partial charge is 0.410 e. The van der Waals surface area contributed by atoms with Gasteiger partial charge < -0.3 is 21.8 Å². The van der Waals surface area contributed by atoms with Crippen LogP contribution in [0.5, 0.6) is 0 Å². The molecule has 0 spiro atoms. The van der Waals surface area contributed by atoms with Crippen LogP contribution in [0.15, 0.2) is 18.2 Å². The van der Waals surface area contributed by atoms with Crippen molar-refractivity contribution in [1.29, 1.82) is 0 Å². The quantitative estimate of drug-likeness (QED) is 0.384. The maximum atomic E-state index is 4.13. The third-order valence-corrected chi connectivity index (χ3v) is 7.35. The molecule has 5 heteroatoms. The van der Waals surface area contributed by atoms with Crippen LogP contribution in [0.4, 0.5) is 5.69 Å². The van der Waals surface area contributed by atoms with E-state index in [1.54, 1.807) is 0 Å². The number of para-hydroxylation sites is 1. The lowest BCUT2D eigenvalue weighted by molar-refractivity contribution is -0.515. The van der Waals surface area contributed by atoms with Gasteiger partial charge >= 0.3 is 5.67 Å². The Morgan fingerprint density at radius 1 is 1.00 bits per heavy atom. The Kier molecular flexibility index (Phi) is 9.28. The normalized spacial score (nSPS) is 18.0. The molecule has 0 atom stereocenters. The van der Waals surface area contributed by atoms with E-state index in [9.17, 15) is 0 Å². The zero-order valence-electron chi connectivity index (χ0n) is 20.2. The van der Waals surface area contributed by atoms with Gasteiger partial charge in [-0.15, -0.1) is 15.8 Å². The summed E-state index contributed by atoms with van der Waals surface area (Å²) in [5.74, 6) is 0.994. The summed E-state index contributed by atoms with van der Waals surface area (Å²) in [6.45, 7) is 25.6. The largest absolute Gasteiger partial charge is 1.00 e. The van der Waals surface area contributed by atoms with Crippen LogP contribution in [0.2, 0.25) is 0 Å². The Bertz CT molecular complexity index is 708. The van der Waals surface area contributed by atoms with Crippen LogP contribution in [0.3, 0.4) is 0 Å². The summed E-state index contributed by atoms with van der Waals surface area (Å²) >= 11 is 4.13. The highest BCUT2D eigenvalue weighted by Gasteiger charge is 2.57. The van der Waals surface area contributed by atoms with E-state index >= 15 is 0 Å². The number of benzene rings is 1. The van der Waals surface area contributed by atoms with E-state index in [4.69, 9.17) is 0 Å². The van der Waals surface area contributed by atoms with Crippen molar-refractivity contribution in [3.63, 3.8) is 0 Å². The van der Waals surface area contributed by atoms with Gasteiger partial charge in [-0.25, -0.2) is 4.58 Å². The highest BCUT2D eigenvalue weighted by atomic mass is 79.9. The molecule has 0 fully saturated rings. The highest BCUT2D eigenvalue weighted by molar-refractivity contribution is 9.25. The van der Waals surface area contributed by atoms with E-state index in [0.717, 1.165) is 19.5 Å². The van der Waals surface area contributed by atoms with Crippen molar-refractivity contribution >= 4 is 32.7 Å². The molecule has 0 radical (unpaired) electrons. The standard InChI is InChI=1S/C24H41BBrN2.BrH/c1-11-27(12-2)25(26)22-23(7,8)16-24(9,10)28(22)21-19(17(3)4)14-13-15-20(21)18(5)6;/h13-15,17-18H,11-12,16H2,1-10H3;1H/q+1;/p-1. The minimum atomic E-state index is 0. The Labute approximate surface area is 199 Å². The van der Waals surface area contributed by atoms with Gasteiger partial charge in [0.25, 0.3) is 0 Å².